The van der Waals surface area contributed by atoms with Gasteiger partial charge in [-0.25, -0.2) is 0 Å². The highest BCUT2D eigenvalue weighted by Gasteiger charge is 2.15. The van der Waals surface area contributed by atoms with Crippen molar-refractivity contribution in [2.45, 2.75) is 6.54 Å². The summed E-state index contributed by atoms with van der Waals surface area (Å²) in [7, 11) is 1.95. The standard InChI is InChI=1S/C9H16N4O/c1-12-9(6-8(7-10)11-12)13-2-4-14-5-3-13/h6H,2-5,7,10H2,1H3. The lowest BCUT2D eigenvalue weighted by Gasteiger charge is -2.28. The van der Waals surface area contributed by atoms with Gasteiger partial charge in [0.05, 0.1) is 18.9 Å². The van der Waals surface area contributed by atoms with Crippen molar-refractivity contribution in [3.63, 3.8) is 0 Å². The number of morpholine rings is 1. The Kier molecular flexibility index (Phi) is 2.69. The molecule has 0 saturated carbocycles. The summed E-state index contributed by atoms with van der Waals surface area (Å²) in [5.41, 5.74) is 6.48. The number of ether oxygens (including phenoxy) is 1. The fourth-order valence-electron chi connectivity index (χ4n) is 1.70. The van der Waals surface area contributed by atoms with Gasteiger partial charge in [0.25, 0.3) is 0 Å². The fourth-order valence-corrected chi connectivity index (χ4v) is 1.70. The van der Waals surface area contributed by atoms with Crippen LogP contribution in [0.1, 0.15) is 5.69 Å². The summed E-state index contributed by atoms with van der Waals surface area (Å²) in [5, 5.41) is 4.31. The third kappa shape index (κ3) is 1.73. The number of hydrogen-bond acceptors (Lipinski definition) is 4. The van der Waals surface area contributed by atoms with E-state index in [1.165, 1.54) is 0 Å². The largest absolute Gasteiger partial charge is 0.378 e. The maximum atomic E-state index is 5.54. The maximum absolute atomic E-state index is 5.54. The molecule has 0 bridgehead atoms. The van der Waals surface area contributed by atoms with Crippen molar-refractivity contribution in [2.24, 2.45) is 12.8 Å². The topological polar surface area (TPSA) is 56.3 Å². The van der Waals surface area contributed by atoms with Gasteiger partial charge in [-0.05, 0) is 0 Å². The molecule has 0 unspecified atom stereocenters. The molecule has 1 aliphatic rings. The number of hydrogen-bond donors (Lipinski definition) is 1. The van der Waals surface area contributed by atoms with E-state index in [1.54, 1.807) is 0 Å². The molecule has 0 radical (unpaired) electrons. The Hall–Kier alpha value is -1.07. The van der Waals surface area contributed by atoms with Crippen LogP contribution in [-0.4, -0.2) is 36.1 Å². The molecule has 1 saturated heterocycles. The molecule has 5 heteroatoms. The van der Waals surface area contributed by atoms with Crippen LogP contribution >= 0.6 is 0 Å². The van der Waals surface area contributed by atoms with Gasteiger partial charge in [0.1, 0.15) is 5.82 Å². The third-order valence-electron chi connectivity index (χ3n) is 2.45. The van der Waals surface area contributed by atoms with Crippen molar-refractivity contribution < 1.29 is 4.74 Å². The van der Waals surface area contributed by atoms with E-state index >= 15 is 0 Å². The molecule has 2 N–H and O–H groups in total. The summed E-state index contributed by atoms with van der Waals surface area (Å²) < 4.78 is 7.18. The first kappa shape index (κ1) is 9.48. The molecule has 0 atom stereocenters. The zero-order valence-corrected chi connectivity index (χ0v) is 8.44. The highest BCUT2D eigenvalue weighted by molar-refractivity contribution is 5.41. The van der Waals surface area contributed by atoms with Gasteiger partial charge < -0.3 is 15.4 Å². The fraction of sp³-hybridized carbons (Fsp3) is 0.667. The number of nitrogens with two attached hydrogens (primary N) is 1. The SMILES string of the molecule is Cn1nc(CN)cc1N1CCOCC1. The lowest BCUT2D eigenvalue weighted by molar-refractivity contribution is 0.122. The van der Waals surface area contributed by atoms with E-state index in [0.29, 0.717) is 6.54 Å². The average Bonchev–Trinajstić information content (AvgIpc) is 2.61. The minimum absolute atomic E-state index is 0.498. The first-order chi connectivity index (χ1) is 6.81. The Morgan fingerprint density at radius 2 is 2.21 bits per heavy atom. The molecule has 1 aliphatic heterocycles. The zero-order chi connectivity index (χ0) is 9.97. The molecule has 2 heterocycles. The molecule has 1 aromatic rings. The van der Waals surface area contributed by atoms with Crippen molar-refractivity contribution >= 4 is 5.82 Å². The molecular weight excluding hydrogens is 180 g/mol. The summed E-state index contributed by atoms with van der Waals surface area (Å²) >= 11 is 0. The minimum atomic E-state index is 0.498. The van der Waals surface area contributed by atoms with Gasteiger partial charge in [-0.2, -0.15) is 5.10 Å². The van der Waals surface area contributed by atoms with Crippen LogP contribution in [0, 0.1) is 0 Å². The van der Waals surface area contributed by atoms with E-state index in [9.17, 15) is 0 Å². The molecule has 0 aliphatic carbocycles. The molecule has 1 fully saturated rings. The van der Waals surface area contributed by atoms with Crippen LogP contribution in [0.25, 0.3) is 0 Å². The van der Waals surface area contributed by atoms with Crippen LogP contribution < -0.4 is 10.6 Å². The van der Waals surface area contributed by atoms with Gasteiger partial charge in [-0.3, -0.25) is 4.68 Å². The molecule has 2 rings (SSSR count). The summed E-state index contributed by atoms with van der Waals surface area (Å²) in [6.45, 7) is 3.96. The van der Waals surface area contributed by atoms with Crippen LogP contribution in [-0.2, 0) is 18.3 Å². The Morgan fingerprint density at radius 3 is 2.79 bits per heavy atom. The number of aryl methyl sites for hydroxylation is 1. The predicted molar refractivity (Wildman–Crippen MR) is 54.1 cm³/mol. The lowest BCUT2D eigenvalue weighted by Crippen LogP contribution is -2.37. The Balaban J connectivity index is 2.17. The van der Waals surface area contributed by atoms with Gasteiger partial charge in [-0.15, -0.1) is 0 Å². The first-order valence-electron chi connectivity index (χ1n) is 4.87. The number of rotatable bonds is 2. The lowest BCUT2D eigenvalue weighted by atomic mass is 10.3. The van der Waals surface area contributed by atoms with Gasteiger partial charge in [0.15, 0.2) is 0 Å². The summed E-state index contributed by atoms with van der Waals surface area (Å²) in [5.74, 6) is 1.13. The van der Waals surface area contributed by atoms with E-state index < -0.39 is 0 Å². The highest BCUT2D eigenvalue weighted by Crippen LogP contribution is 2.16. The molecule has 5 nitrogen and oxygen atoms in total. The second-order valence-corrected chi connectivity index (χ2v) is 3.42. The van der Waals surface area contributed by atoms with Gasteiger partial charge >= 0.3 is 0 Å². The minimum Gasteiger partial charge on any atom is -0.378 e. The summed E-state index contributed by atoms with van der Waals surface area (Å²) in [6, 6.07) is 2.05. The summed E-state index contributed by atoms with van der Waals surface area (Å²) in [4.78, 5) is 2.27. The van der Waals surface area contributed by atoms with Crippen molar-refractivity contribution in [1.29, 1.82) is 0 Å². The highest BCUT2D eigenvalue weighted by atomic mass is 16.5. The van der Waals surface area contributed by atoms with Crippen molar-refractivity contribution in [3.8, 4) is 0 Å². The monoisotopic (exact) mass is 196 g/mol. The Labute approximate surface area is 83.4 Å². The van der Waals surface area contributed by atoms with Crippen LogP contribution in [0.5, 0.6) is 0 Å². The third-order valence-corrected chi connectivity index (χ3v) is 2.45. The van der Waals surface area contributed by atoms with Gasteiger partial charge in [0.2, 0.25) is 0 Å². The summed E-state index contributed by atoms with van der Waals surface area (Å²) in [6.07, 6.45) is 0. The Bertz CT molecular complexity index is 304. The second kappa shape index (κ2) is 3.98. The Morgan fingerprint density at radius 1 is 1.50 bits per heavy atom. The smallest absolute Gasteiger partial charge is 0.126 e. The predicted octanol–water partition coefficient (Wildman–Crippen LogP) is -0.285. The average molecular weight is 196 g/mol. The molecular formula is C9H16N4O. The van der Waals surface area contributed by atoms with Crippen molar-refractivity contribution in [2.75, 3.05) is 31.2 Å². The van der Waals surface area contributed by atoms with Crippen LogP contribution in [0.3, 0.4) is 0 Å². The number of aromatic nitrogens is 2. The molecule has 1 aromatic heterocycles. The second-order valence-electron chi connectivity index (χ2n) is 3.42. The van der Waals surface area contributed by atoms with E-state index in [2.05, 4.69) is 10.00 Å². The normalized spacial score (nSPS) is 17.4. The van der Waals surface area contributed by atoms with E-state index in [-0.39, 0.29) is 0 Å². The van der Waals surface area contributed by atoms with Crippen molar-refractivity contribution in [3.05, 3.63) is 11.8 Å². The zero-order valence-electron chi connectivity index (χ0n) is 8.44. The number of nitrogens with zero attached hydrogens (tertiary/aromatic N) is 3. The molecule has 0 amide bonds. The van der Waals surface area contributed by atoms with Crippen LogP contribution in [0.2, 0.25) is 0 Å². The van der Waals surface area contributed by atoms with Gasteiger partial charge in [0, 0.05) is 32.7 Å². The molecule has 14 heavy (non-hydrogen) atoms. The van der Waals surface area contributed by atoms with Crippen LogP contribution in [0.4, 0.5) is 5.82 Å². The first-order valence-corrected chi connectivity index (χ1v) is 4.87. The molecule has 78 valence electrons. The van der Waals surface area contributed by atoms with E-state index in [0.717, 1.165) is 37.8 Å². The van der Waals surface area contributed by atoms with Crippen LogP contribution in [0.15, 0.2) is 6.07 Å². The van der Waals surface area contributed by atoms with Gasteiger partial charge in [-0.1, -0.05) is 0 Å². The molecule has 0 spiro atoms. The maximum Gasteiger partial charge on any atom is 0.126 e. The quantitative estimate of drug-likeness (QED) is 0.706. The van der Waals surface area contributed by atoms with E-state index in [1.807, 2.05) is 17.8 Å². The van der Waals surface area contributed by atoms with Crippen molar-refractivity contribution in [1.82, 2.24) is 9.78 Å². The van der Waals surface area contributed by atoms with E-state index in [4.69, 9.17) is 10.5 Å². The number of anilines is 1. The molecule has 0 aromatic carbocycles.